The molecular formula is C22H31N3O2. The van der Waals surface area contributed by atoms with Gasteiger partial charge in [-0.15, -0.1) is 0 Å². The first-order chi connectivity index (χ1) is 13.0. The van der Waals surface area contributed by atoms with Crippen LogP contribution < -0.4 is 0 Å². The Morgan fingerprint density at radius 2 is 1.74 bits per heavy atom. The number of aromatic nitrogens is 1. The second kappa shape index (κ2) is 6.56. The number of carbonyl (C=O) groups excluding carboxylic acids is 1. The van der Waals surface area contributed by atoms with Crippen molar-refractivity contribution in [3.05, 3.63) is 30.1 Å². The van der Waals surface area contributed by atoms with Gasteiger partial charge >= 0.3 is 0 Å². The molecule has 6 rings (SSSR count). The molecule has 5 aliphatic rings. The molecule has 1 N–H and O–H groups in total. The first kappa shape index (κ1) is 17.6. The van der Waals surface area contributed by atoms with Crippen LogP contribution >= 0.6 is 0 Å². The topological polar surface area (TPSA) is 56.7 Å². The van der Waals surface area contributed by atoms with Crippen molar-refractivity contribution in [3.63, 3.8) is 0 Å². The van der Waals surface area contributed by atoms with Crippen LogP contribution in [0.5, 0.6) is 0 Å². The Balaban J connectivity index is 1.17. The van der Waals surface area contributed by atoms with Crippen LogP contribution in [0.4, 0.5) is 0 Å². The van der Waals surface area contributed by atoms with Gasteiger partial charge in [-0.25, -0.2) is 0 Å². The largest absolute Gasteiger partial charge is 0.390 e. The molecule has 1 amide bonds. The maximum absolute atomic E-state index is 13.1. The smallest absolute Gasteiger partial charge is 0.223 e. The normalized spacial score (nSPS) is 38.3. The molecule has 1 aromatic heterocycles. The Labute approximate surface area is 161 Å². The second-order valence-corrected chi connectivity index (χ2v) is 9.87. The minimum absolute atomic E-state index is 0.0874. The lowest BCUT2D eigenvalue weighted by atomic mass is 9.47. The van der Waals surface area contributed by atoms with Crippen molar-refractivity contribution in [3.8, 4) is 0 Å². The van der Waals surface area contributed by atoms with Crippen molar-refractivity contribution >= 4 is 5.91 Å². The Bertz CT molecular complexity index is 685. The Hall–Kier alpha value is -1.46. The first-order valence-corrected chi connectivity index (χ1v) is 10.6. The van der Waals surface area contributed by atoms with E-state index < -0.39 is 5.60 Å². The summed E-state index contributed by atoms with van der Waals surface area (Å²) in [7, 11) is 0. The van der Waals surface area contributed by atoms with E-state index in [0.717, 1.165) is 52.0 Å². The number of amides is 1. The molecule has 4 saturated carbocycles. The molecular weight excluding hydrogens is 338 g/mol. The number of aliphatic hydroxyl groups is 1. The third-order valence-corrected chi connectivity index (χ3v) is 7.56. The number of hydrogen-bond acceptors (Lipinski definition) is 4. The van der Waals surface area contributed by atoms with E-state index in [1.807, 2.05) is 12.4 Å². The highest BCUT2D eigenvalue weighted by Gasteiger charge is 2.57. The average Bonchev–Trinajstić information content (AvgIpc) is 2.60. The molecule has 0 spiro atoms. The van der Waals surface area contributed by atoms with Gasteiger partial charge in [-0.1, -0.05) is 0 Å². The van der Waals surface area contributed by atoms with Gasteiger partial charge in [-0.05, 0) is 73.5 Å². The summed E-state index contributed by atoms with van der Waals surface area (Å²) >= 11 is 0. The van der Waals surface area contributed by atoms with E-state index in [1.54, 1.807) is 0 Å². The van der Waals surface area contributed by atoms with Crippen LogP contribution in [0, 0.1) is 17.3 Å². The fourth-order valence-corrected chi connectivity index (χ4v) is 6.94. The van der Waals surface area contributed by atoms with Gasteiger partial charge in [0.25, 0.3) is 0 Å². The molecule has 146 valence electrons. The number of carbonyl (C=O) groups is 1. The first-order valence-electron chi connectivity index (χ1n) is 10.6. The third kappa shape index (κ3) is 3.52. The number of piperazine rings is 1. The minimum atomic E-state index is -0.465. The average molecular weight is 370 g/mol. The molecule has 1 aromatic rings. The maximum Gasteiger partial charge on any atom is 0.223 e. The lowest BCUT2D eigenvalue weighted by Crippen LogP contribution is -2.57. The van der Waals surface area contributed by atoms with Crippen LogP contribution in [-0.2, 0) is 11.3 Å². The van der Waals surface area contributed by atoms with Gasteiger partial charge in [-0.2, -0.15) is 0 Å². The number of hydrogen-bond donors (Lipinski definition) is 1. The number of nitrogens with zero attached hydrogens (tertiary/aromatic N) is 3. The van der Waals surface area contributed by atoms with Gasteiger partial charge in [0.2, 0.25) is 5.91 Å². The van der Waals surface area contributed by atoms with Crippen molar-refractivity contribution in [2.24, 2.45) is 17.3 Å². The molecule has 1 saturated heterocycles. The maximum atomic E-state index is 13.1. The van der Waals surface area contributed by atoms with Crippen molar-refractivity contribution in [2.45, 2.75) is 57.1 Å². The Morgan fingerprint density at radius 3 is 2.37 bits per heavy atom. The van der Waals surface area contributed by atoms with Gasteiger partial charge in [0.15, 0.2) is 0 Å². The second-order valence-electron chi connectivity index (χ2n) is 9.87. The number of pyridine rings is 1. The highest BCUT2D eigenvalue weighted by Crippen LogP contribution is 2.62. The van der Waals surface area contributed by atoms with E-state index in [-0.39, 0.29) is 5.41 Å². The summed E-state index contributed by atoms with van der Waals surface area (Å²) in [5.74, 6) is 1.63. The van der Waals surface area contributed by atoms with Gasteiger partial charge in [-0.3, -0.25) is 14.7 Å². The Kier molecular flexibility index (Phi) is 4.28. The van der Waals surface area contributed by atoms with Crippen LogP contribution in [0.1, 0.15) is 50.5 Å². The van der Waals surface area contributed by atoms with E-state index in [0.29, 0.717) is 24.2 Å². The zero-order chi connectivity index (χ0) is 18.5. The summed E-state index contributed by atoms with van der Waals surface area (Å²) in [6.07, 6.45) is 10.8. The van der Waals surface area contributed by atoms with E-state index >= 15 is 0 Å². The van der Waals surface area contributed by atoms with Crippen molar-refractivity contribution < 1.29 is 9.90 Å². The molecule has 1 aliphatic heterocycles. The van der Waals surface area contributed by atoms with Crippen LogP contribution in [0.25, 0.3) is 0 Å². The fraction of sp³-hybridized carbons (Fsp3) is 0.727. The third-order valence-electron chi connectivity index (χ3n) is 7.56. The van der Waals surface area contributed by atoms with Crippen LogP contribution in [-0.4, -0.2) is 57.6 Å². The predicted octanol–water partition coefficient (Wildman–Crippen LogP) is 2.45. The predicted molar refractivity (Wildman–Crippen MR) is 103 cm³/mol. The summed E-state index contributed by atoms with van der Waals surface area (Å²) < 4.78 is 0. The van der Waals surface area contributed by atoms with E-state index in [4.69, 9.17) is 0 Å². The summed E-state index contributed by atoms with van der Waals surface area (Å²) in [5.41, 5.74) is 0.907. The molecule has 27 heavy (non-hydrogen) atoms. The number of rotatable bonds is 4. The van der Waals surface area contributed by atoms with Crippen LogP contribution in [0.2, 0.25) is 0 Å². The zero-order valence-electron chi connectivity index (χ0n) is 16.1. The molecule has 5 fully saturated rings. The summed E-state index contributed by atoms with van der Waals surface area (Å²) in [5, 5.41) is 10.9. The Morgan fingerprint density at radius 1 is 1.07 bits per heavy atom. The van der Waals surface area contributed by atoms with Crippen LogP contribution in [0.3, 0.4) is 0 Å². The van der Waals surface area contributed by atoms with Crippen molar-refractivity contribution in [1.29, 1.82) is 0 Å². The molecule has 5 nitrogen and oxygen atoms in total. The molecule has 4 atom stereocenters. The van der Waals surface area contributed by atoms with Gasteiger partial charge in [0.1, 0.15) is 0 Å². The highest BCUT2D eigenvalue weighted by molar-refractivity contribution is 5.77. The monoisotopic (exact) mass is 369 g/mol. The van der Waals surface area contributed by atoms with E-state index in [2.05, 4.69) is 26.9 Å². The summed E-state index contributed by atoms with van der Waals surface area (Å²) in [4.78, 5) is 21.6. The van der Waals surface area contributed by atoms with Gasteiger partial charge in [0, 0.05) is 51.5 Å². The highest BCUT2D eigenvalue weighted by atomic mass is 16.3. The van der Waals surface area contributed by atoms with Gasteiger partial charge in [0.05, 0.1) is 5.60 Å². The molecule has 0 radical (unpaired) electrons. The SMILES string of the molecule is O=C(CC12C[C@@H]3C[C@@H](CC(O)(C3)C1)C2)N1CCN(Cc2ccncc2)CC1. The molecule has 4 aliphatic carbocycles. The summed E-state index contributed by atoms with van der Waals surface area (Å²) in [6.45, 7) is 4.48. The molecule has 0 aromatic carbocycles. The summed E-state index contributed by atoms with van der Waals surface area (Å²) in [6, 6.07) is 4.13. The fourth-order valence-electron chi connectivity index (χ4n) is 6.94. The lowest BCUT2D eigenvalue weighted by molar-refractivity contribution is -0.172. The van der Waals surface area contributed by atoms with E-state index in [9.17, 15) is 9.90 Å². The van der Waals surface area contributed by atoms with Gasteiger partial charge < -0.3 is 10.0 Å². The van der Waals surface area contributed by atoms with Crippen molar-refractivity contribution in [1.82, 2.24) is 14.8 Å². The van der Waals surface area contributed by atoms with Crippen LogP contribution in [0.15, 0.2) is 24.5 Å². The zero-order valence-corrected chi connectivity index (χ0v) is 16.1. The molecule has 5 heteroatoms. The van der Waals surface area contributed by atoms with E-state index in [1.165, 1.54) is 24.8 Å². The minimum Gasteiger partial charge on any atom is -0.390 e. The molecule has 4 bridgehead atoms. The standard InChI is InChI=1S/C22H31N3O2/c26-20(14-21-10-18-9-19(11-21)13-22(27,12-18)16-21)25-7-5-24(6-8-25)15-17-1-3-23-4-2-17/h1-4,18-19,27H,5-16H2/t18-,19+,21?,22?. The quantitative estimate of drug-likeness (QED) is 0.886. The lowest BCUT2D eigenvalue weighted by Gasteiger charge is -2.60. The molecule has 2 unspecified atom stereocenters. The van der Waals surface area contributed by atoms with Crippen molar-refractivity contribution in [2.75, 3.05) is 26.2 Å². The molecule has 2 heterocycles.